The second-order valence-electron chi connectivity index (χ2n) is 23.0. The van der Waals surface area contributed by atoms with E-state index in [-0.39, 0.29) is 23.7 Å². The zero-order valence-corrected chi connectivity index (χ0v) is 40.2. The van der Waals surface area contributed by atoms with Crippen LogP contribution in [0.4, 0.5) is 0 Å². The van der Waals surface area contributed by atoms with E-state index in [4.69, 9.17) is 28.4 Å². The Bertz CT molecular complexity index is 1700. The SMILES string of the molecule is CC(C)=CCC[C@](C)(O[C@@H]1O[C@H](CO)[C@@H](O)[C@H](O)[C@H]1O)[C@H]1CC[C@]2(C)[C@@H]1[C@H](O)C[C@@H]1[C@@]3(C)CC[C@H](O)C(C)(C)[C@@H]3[C@@H](O[C@@H]3O[C@H](CO)[C@@H](O)[C@H](O)[C@H]3O[C@H]3O[C@@H](C)[C@H](O)[C@@H](O)[C@H]3O)C[C@]12C. The molecule has 18 nitrogen and oxygen atoms in total. The fourth-order valence-electron chi connectivity index (χ4n) is 14.9. The summed E-state index contributed by atoms with van der Waals surface area (Å²) in [5.74, 6) is -1.12. The first-order valence-corrected chi connectivity index (χ1v) is 24.3. The van der Waals surface area contributed by atoms with Crippen LogP contribution in [0, 0.1) is 45.3 Å². The summed E-state index contributed by atoms with van der Waals surface area (Å²) in [7, 11) is 0. The summed E-state index contributed by atoms with van der Waals surface area (Å²) in [5, 5.41) is 132. The minimum atomic E-state index is -1.75. The van der Waals surface area contributed by atoms with Crippen LogP contribution >= 0.6 is 0 Å². The molecule has 18 heteroatoms. The van der Waals surface area contributed by atoms with Gasteiger partial charge in [0.05, 0.1) is 43.2 Å². The summed E-state index contributed by atoms with van der Waals surface area (Å²) < 4.78 is 38.1. The van der Waals surface area contributed by atoms with Gasteiger partial charge in [-0.15, -0.1) is 0 Å². The van der Waals surface area contributed by atoms with Gasteiger partial charge in [-0.2, -0.15) is 0 Å². The van der Waals surface area contributed by atoms with Crippen LogP contribution in [0.2, 0.25) is 0 Å². The Balaban J connectivity index is 1.27. The smallest absolute Gasteiger partial charge is 0.187 e. The van der Waals surface area contributed by atoms with Gasteiger partial charge in [0.2, 0.25) is 0 Å². The predicted octanol–water partition coefficient (Wildman–Crippen LogP) is -0.0284. The van der Waals surface area contributed by atoms with Crippen LogP contribution in [-0.4, -0.2) is 191 Å². The van der Waals surface area contributed by atoms with E-state index in [1.165, 1.54) is 6.92 Å². The van der Waals surface area contributed by atoms with Gasteiger partial charge in [-0.3, -0.25) is 0 Å². The molecule has 382 valence electrons. The van der Waals surface area contributed by atoms with Crippen LogP contribution in [0.5, 0.6) is 0 Å². The Morgan fingerprint density at radius 1 is 0.682 bits per heavy atom. The molecule has 0 amide bonds. The molecule has 7 fully saturated rings. The minimum Gasteiger partial charge on any atom is -0.394 e. The molecular formula is C48H82O18. The quantitative estimate of drug-likeness (QED) is 0.0904. The van der Waals surface area contributed by atoms with Gasteiger partial charge in [0.15, 0.2) is 18.9 Å². The van der Waals surface area contributed by atoms with Crippen LogP contribution in [-0.2, 0) is 28.4 Å². The topological polar surface area (TPSA) is 298 Å². The molecule has 4 saturated carbocycles. The maximum atomic E-state index is 12.7. The van der Waals surface area contributed by atoms with Crippen molar-refractivity contribution in [2.75, 3.05) is 13.2 Å². The van der Waals surface area contributed by atoms with E-state index in [2.05, 4.69) is 26.8 Å². The van der Waals surface area contributed by atoms with Crippen molar-refractivity contribution in [1.29, 1.82) is 0 Å². The summed E-state index contributed by atoms with van der Waals surface area (Å²) in [6.07, 6.45) is -18.3. The third-order valence-electron chi connectivity index (χ3n) is 18.7. The Labute approximate surface area is 388 Å². The molecule has 66 heavy (non-hydrogen) atoms. The standard InChI is InChI=1S/C48H82O18/c1-21(2)11-10-14-48(9,66-42-38(60)35(57)32(54)26(19-49)63-42)23-12-16-46(7)30(23)24(51)17-28-45(6)15-13-29(52)44(4,5)40(45)25(18-47(28,46)8)62-43-39(36(58)33(55)27(20-50)64-43)65-41-37(59)34(56)31(53)22(3)61-41/h11,22-43,49-60H,10,12-20H2,1-9H3/t22-,23-,24+,25-,26+,27+,28+,29-,30-,31-,32+,33+,34+,35-,36-,37+,38+,39+,40-,41+,42-,43+,45+,46+,47+,48-/m0/s1. The van der Waals surface area contributed by atoms with Gasteiger partial charge in [0.1, 0.15) is 67.1 Å². The number of allylic oxidation sites excluding steroid dienone is 2. The van der Waals surface area contributed by atoms with E-state index >= 15 is 0 Å². The molecule has 0 aromatic rings. The van der Waals surface area contributed by atoms with Crippen molar-refractivity contribution < 1.29 is 89.7 Å². The average molecular weight is 947 g/mol. The zero-order chi connectivity index (χ0) is 48.8. The molecule has 3 saturated heterocycles. The highest BCUT2D eigenvalue weighted by Crippen LogP contribution is 2.76. The van der Waals surface area contributed by atoms with Crippen molar-refractivity contribution in [3.63, 3.8) is 0 Å². The second kappa shape index (κ2) is 19.2. The van der Waals surface area contributed by atoms with Crippen LogP contribution in [0.25, 0.3) is 0 Å². The highest BCUT2D eigenvalue weighted by atomic mass is 16.8. The number of ether oxygens (including phenoxy) is 6. The van der Waals surface area contributed by atoms with Crippen molar-refractivity contribution in [3.8, 4) is 0 Å². The van der Waals surface area contributed by atoms with Crippen LogP contribution in [0.15, 0.2) is 11.6 Å². The van der Waals surface area contributed by atoms with Crippen molar-refractivity contribution >= 4 is 0 Å². The molecule has 0 spiro atoms. The minimum absolute atomic E-state index is 0.0861. The van der Waals surface area contributed by atoms with E-state index in [0.29, 0.717) is 51.4 Å². The van der Waals surface area contributed by atoms with Crippen molar-refractivity contribution in [3.05, 3.63) is 11.6 Å². The lowest BCUT2D eigenvalue weighted by molar-refractivity contribution is -0.382. The first-order valence-electron chi connectivity index (χ1n) is 24.3. The number of aliphatic hydroxyl groups is 12. The van der Waals surface area contributed by atoms with Gasteiger partial charge < -0.3 is 89.7 Å². The molecule has 0 bridgehead atoms. The molecule has 7 rings (SSSR count). The van der Waals surface area contributed by atoms with Crippen LogP contribution in [0.3, 0.4) is 0 Å². The Hall–Kier alpha value is -0.980. The van der Waals surface area contributed by atoms with E-state index in [1.807, 2.05) is 34.6 Å². The molecule has 4 aliphatic carbocycles. The van der Waals surface area contributed by atoms with Crippen LogP contribution < -0.4 is 0 Å². The third-order valence-corrected chi connectivity index (χ3v) is 18.7. The highest BCUT2D eigenvalue weighted by Gasteiger charge is 2.74. The Kier molecular flexibility index (Phi) is 15.4. The summed E-state index contributed by atoms with van der Waals surface area (Å²) >= 11 is 0. The number of aliphatic hydroxyl groups excluding tert-OH is 12. The molecule has 0 radical (unpaired) electrons. The lowest BCUT2D eigenvalue weighted by Gasteiger charge is -2.72. The number of rotatable bonds is 12. The molecule has 0 aromatic heterocycles. The molecule has 0 unspecified atom stereocenters. The van der Waals surface area contributed by atoms with E-state index in [1.54, 1.807) is 0 Å². The molecule has 3 heterocycles. The lowest BCUT2D eigenvalue weighted by atomic mass is 9.34. The molecular weight excluding hydrogens is 865 g/mol. The van der Waals surface area contributed by atoms with Crippen molar-refractivity contribution in [2.45, 2.75) is 230 Å². The van der Waals surface area contributed by atoms with Crippen molar-refractivity contribution in [2.24, 2.45) is 45.3 Å². The first-order chi connectivity index (χ1) is 30.7. The second-order valence-corrected chi connectivity index (χ2v) is 23.0. The Morgan fingerprint density at radius 2 is 1.27 bits per heavy atom. The average Bonchev–Trinajstić information content (AvgIpc) is 3.64. The number of hydrogen-bond donors (Lipinski definition) is 12. The lowest BCUT2D eigenvalue weighted by Crippen LogP contribution is -2.71. The highest BCUT2D eigenvalue weighted by molar-refractivity contribution is 5.22. The van der Waals surface area contributed by atoms with Gasteiger partial charge in [-0.05, 0) is 124 Å². The van der Waals surface area contributed by atoms with Gasteiger partial charge >= 0.3 is 0 Å². The third kappa shape index (κ3) is 8.69. The summed E-state index contributed by atoms with van der Waals surface area (Å²) in [4.78, 5) is 0. The van der Waals surface area contributed by atoms with E-state index in [0.717, 1.165) is 5.57 Å². The Morgan fingerprint density at radius 3 is 1.89 bits per heavy atom. The maximum Gasteiger partial charge on any atom is 0.187 e. The summed E-state index contributed by atoms with van der Waals surface area (Å²) in [6, 6.07) is 0. The fourth-order valence-corrected chi connectivity index (χ4v) is 14.9. The zero-order valence-electron chi connectivity index (χ0n) is 40.2. The monoisotopic (exact) mass is 947 g/mol. The van der Waals surface area contributed by atoms with Gasteiger partial charge in [-0.1, -0.05) is 46.3 Å². The first kappa shape index (κ1) is 52.8. The molecule has 3 aliphatic heterocycles. The van der Waals surface area contributed by atoms with Crippen LogP contribution in [0.1, 0.15) is 114 Å². The maximum absolute atomic E-state index is 12.7. The fraction of sp³-hybridized carbons (Fsp3) is 0.958. The largest absolute Gasteiger partial charge is 0.394 e. The number of fused-ring (bicyclic) bond motifs is 5. The molecule has 12 N–H and O–H groups in total. The molecule has 26 atom stereocenters. The van der Waals surface area contributed by atoms with Gasteiger partial charge in [-0.25, -0.2) is 0 Å². The van der Waals surface area contributed by atoms with Gasteiger partial charge in [0, 0.05) is 0 Å². The molecule has 7 aliphatic rings. The summed E-state index contributed by atoms with van der Waals surface area (Å²) in [6.45, 7) is 16.8. The van der Waals surface area contributed by atoms with E-state index < -0.39 is 151 Å². The molecule has 0 aromatic carbocycles. The number of hydrogen-bond acceptors (Lipinski definition) is 18. The van der Waals surface area contributed by atoms with Crippen molar-refractivity contribution in [1.82, 2.24) is 0 Å². The normalized spacial score (nSPS) is 53.5. The van der Waals surface area contributed by atoms with Gasteiger partial charge in [0.25, 0.3) is 0 Å². The summed E-state index contributed by atoms with van der Waals surface area (Å²) in [5.41, 5.74) is -2.43. The van der Waals surface area contributed by atoms with E-state index in [9.17, 15) is 61.3 Å². The predicted molar refractivity (Wildman–Crippen MR) is 234 cm³/mol.